The van der Waals surface area contributed by atoms with E-state index in [4.69, 9.17) is 9.47 Å². The average Bonchev–Trinajstić information content (AvgIpc) is 3.34. The summed E-state index contributed by atoms with van der Waals surface area (Å²) in [6, 6.07) is 48.4. The fraction of sp³-hybridized carbons (Fsp3) is 0.128. The Labute approximate surface area is 292 Å². The van der Waals surface area contributed by atoms with Crippen LogP contribution in [-0.2, 0) is 6.54 Å². The van der Waals surface area contributed by atoms with Gasteiger partial charge in [0, 0.05) is 22.8 Å². The van der Waals surface area contributed by atoms with Gasteiger partial charge in [0.1, 0.15) is 18.1 Å². The Kier molecular flexibility index (Phi) is 7.35. The molecular weight excluding hydrogens is 611 g/mol. The maximum Gasteiger partial charge on any atom is 0.255 e. The third-order valence-corrected chi connectivity index (χ3v) is 10.5. The van der Waals surface area contributed by atoms with Crippen molar-refractivity contribution < 1.29 is 14.0 Å². The number of para-hydroxylation sites is 1. The van der Waals surface area contributed by atoms with Crippen LogP contribution in [0, 0.1) is 0 Å². The predicted molar refractivity (Wildman–Crippen MR) is 208 cm³/mol. The van der Waals surface area contributed by atoms with Gasteiger partial charge in [0.25, 0.3) is 5.52 Å². The molecule has 0 amide bonds. The molecule has 9 rings (SSSR count). The van der Waals surface area contributed by atoms with Gasteiger partial charge >= 0.3 is 0 Å². The van der Waals surface area contributed by atoms with Crippen LogP contribution in [0.1, 0.15) is 37.3 Å². The first-order valence-corrected chi connectivity index (χ1v) is 17.6. The fourth-order valence-corrected chi connectivity index (χ4v) is 8.00. The number of rotatable bonds is 5. The number of ether oxygens (including phenoxy) is 2. The molecule has 0 fully saturated rings. The predicted octanol–water partition coefficient (Wildman–Crippen LogP) is 11.9. The minimum Gasteiger partial charge on any atom is -0.490 e. The molecule has 2 heterocycles. The first-order valence-electron chi connectivity index (χ1n) is 17.6. The van der Waals surface area contributed by atoms with Crippen LogP contribution < -0.4 is 14.0 Å². The summed E-state index contributed by atoms with van der Waals surface area (Å²) in [4.78, 5) is 0. The number of hydrogen-bond acceptors (Lipinski definition) is 2. The molecule has 1 aliphatic heterocycles. The molecule has 1 aromatic heterocycles. The number of aromatic nitrogens is 1. The second kappa shape index (κ2) is 12.2. The Hall–Kier alpha value is -5.93. The number of benzene rings is 7. The zero-order valence-corrected chi connectivity index (χ0v) is 28.6. The number of fused-ring (bicyclic) bond motifs is 6. The third kappa shape index (κ3) is 4.84. The van der Waals surface area contributed by atoms with E-state index in [2.05, 4.69) is 158 Å². The van der Waals surface area contributed by atoms with E-state index < -0.39 is 0 Å². The normalized spacial score (nSPS) is 14.4. The maximum atomic E-state index is 6.46. The van der Waals surface area contributed by atoms with Crippen LogP contribution in [0.3, 0.4) is 0 Å². The lowest BCUT2D eigenvalue weighted by Gasteiger charge is -2.18. The van der Waals surface area contributed by atoms with Crippen LogP contribution in [0.4, 0.5) is 0 Å². The monoisotopic (exact) mass is 648 g/mol. The summed E-state index contributed by atoms with van der Waals surface area (Å²) in [6.07, 6.45) is 5.32. The number of methoxy groups -OCH3 is 1. The van der Waals surface area contributed by atoms with Gasteiger partial charge in [0.05, 0.1) is 12.5 Å². The second-order valence-corrected chi connectivity index (χ2v) is 13.3. The van der Waals surface area contributed by atoms with Crippen molar-refractivity contribution in [3.63, 3.8) is 0 Å². The first kappa shape index (κ1) is 30.2. The van der Waals surface area contributed by atoms with Crippen molar-refractivity contribution in [2.75, 3.05) is 7.11 Å². The summed E-state index contributed by atoms with van der Waals surface area (Å²) < 4.78 is 15.0. The van der Waals surface area contributed by atoms with Crippen molar-refractivity contribution in [2.45, 2.75) is 32.7 Å². The molecule has 0 saturated carbocycles. The molecule has 1 aliphatic rings. The Morgan fingerprint density at radius 2 is 1.42 bits per heavy atom. The lowest BCUT2D eigenvalue weighted by molar-refractivity contribution is -0.668. The lowest BCUT2D eigenvalue weighted by atomic mass is 9.87. The SMILES string of the molecule is CC[n+]1cccc2ccc(-c3c4ccccc4cc4c3ccc3c(-c5ccc(C6=CCC(C)c7ccccc7O6)cc5)cccc34)c(OC)c21. The Bertz CT molecular complexity index is 2630. The molecule has 0 N–H and O–H groups in total. The zero-order chi connectivity index (χ0) is 33.8. The van der Waals surface area contributed by atoms with Gasteiger partial charge in [0.15, 0.2) is 11.9 Å². The van der Waals surface area contributed by atoms with E-state index in [9.17, 15) is 0 Å². The molecule has 7 aromatic carbocycles. The van der Waals surface area contributed by atoms with E-state index in [1.807, 2.05) is 6.07 Å². The van der Waals surface area contributed by atoms with Gasteiger partial charge in [-0.25, -0.2) is 0 Å². The average molecular weight is 649 g/mol. The third-order valence-electron chi connectivity index (χ3n) is 10.5. The molecule has 0 aliphatic carbocycles. The smallest absolute Gasteiger partial charge is 0.255 e. The minimum absolute atomic E-state index is 0.418. The highest BCUT2D eigenvalue weighted by Crippen LogP contribution is 2.45. The lowest BCUT2D eigenvalue weighted by Crippen LogP contribution is -2.32. The van der Waals surface area contributed by atoms with Gasteiger partial charge in [-0.3, -0.25) is 0 Å². The molecule has 3 heteroatoms. The van der Waals surface area contributed by atoms with E-state index in [1.54, 1.807) is 7.11 Å². The molecule has 8 aromatic rings. The van der Waals surface area contributed by atoms with E-state index in [1.165, 1.54) is 60.0 Å². The maximum absolute atomic E-state index is 6.46. The molecular formula is C47H38NO2+. The molecule has 0 bridgehead atoms. The van der Waals surface area contributed by atoms with Crippen molar-refractivity contribution >= 4 is 49.0 Å². The summed E-state index contributed by atoms with van der Waals surface area (Å²) in [5, 5.41) is 8.52. The molecule has 1 atom stereocenters. The summed E-state index contributed by atoms with van der Waals surface area (Å²) in [7, 11) is 1.80. The van der Waals surface area contributed by atoms with Crippen molar-refractivity contribution in [3.05, 3.63) is 157 Å². The van der Waals surface area contributed by atoms with E-state index in [-0.39, 0.29) is 0 Å². The van der Waals surface area contributed by atoms with Crippen molar-refractivity contribution in [1.82, 2.24) is 0 Å². The van der Waals surface area contributed by atoms with E-state index in [0.717, 1.165) is 46.9 Å². The van der Waals surface area contributed by atoms with E-state index in [0.29, 0.717) is 5.92 Å². The van der Waals surface area contributed by atoms with Crippen LogP contribution in [0.2, 0.25) is 0 Å². The van der Waals surface area contributed by atoms with Gasteiger partial charge in [-0.2, -0.15) is 4.57 Å². The summed E-state index contributed by atoms with van der Waals surface area (Å²) in [5.74, 6) is 3.19. The highest BCUT2D eigenvalue weighted by molar-refractivity contribution is 6.22. The highest BCUT2D eigenvalue weighted by atomic mass is 16.5. The van der Waals surface area contributed by atoms with Gasteiger partial charge in [-0.15, -0.1) is 0 Å². The Morgan fingerprint density at radius 3 is 2.28 bits per heavy atom. The Balaban J connectivity index is 1.20. The van der Waals surface area contributed by atoms with Crippen LogP contribution in [0.15, 0.2) is 146 Å². The molecule has 242 valence electrons. The highest BCUT2D eigenvalue weighted by Gasteiger charge is 2.23. The minimum atomic E-state index is 0.418. The van der Waals surface area contributed by atoms with E-state index >= 15 is 0 Å². The molecule has 3 nitrogen and oxygen atoms in total. The quantitative estimate of drug-likeness (QED) is 0.105. The molecule has 50 heavy (non-hydrogen) atoms. The van der Waals surface area contributed by atoms with Crippen LogP contribution in [0.5, 0.6) is 11.5 Å². The summed E-state index contributed by atoms with van der Waals surface area (Å²) in [5.41, 5.74) is 8.18. The number of nitrogens with zero attached hydrogens (tertiary/aromatic N) is 1. The van der Waals surface area contributed by atoms with Gasteiger partial charge < -0.3 is 9.47 Å². The number of aryl methyl sites for hydroxylation is 1. The summed E-state index contributed by atoms with van der Waals surface area (Å²) in [6.45, 7) is 5.30. The molecule has 0 spiro atoms. The second-order valence-electron chi connectivity index (χ2n) is 13.3. The number of allylic oxidation sites excluding steroid dienone is 1. The Morgan fingerprint density at radius 1 is 0.660 bits per heavy atom. The van der Waals surface area contributed by atoms with Crippen LogP contribution in [-0.4, -0.2) is 7.11 Å². The fourth-order valence-electron chi connectivity index (χ4n) is 8.00. The van der Waals surface area contributed by atoms with Crippen molar-refractivity contribution in [2.24, 2.45) is 0 Å². The molecule has 0 saturated heterocycles. The number of hydrogen-bond donors (Lipinski definition) is 0. The molecule has 0 radical (unpaired) electrons. The summed E-state index contributed by atoms with van der Waals surface area (Å²) >= 11 is 0. The molecule has 1 unspecified atom stereocenters. The van der Waals surface area contributed by atoms with Crippen LogP contribution in [0.25, 0.3) is 71.2 Å². The van der Waals surface area contributed by atoms with Crippen molar-refractivity contribution in [1.29, 1.82) is 0 Å². The van der Waals surface area contributed by atoms with Gasteiger partial charge in [-0.05, 0) is 105 Å². The van der Waals surface area contributed by atoms with Gasteiger partial charge in [-0.1, -0.05) is 104 Å². The standard InChI is InChI=1S/C47H38NO2/c1-4-48-28-10-12-33-23-24-41(47(49-3)46(33)48)45-37-14-6-5-11-34(37)29-42-38-16-9-15-36(39(38)25-26-40(42)45)31-19-21-32(22-20-31)43-27-18-30(2)35-13-7-8-17-44(35)50-43/h5-17,19-30H,4,18H2,1-3H3/q+1. The largest absolute Gasteiger partial charge is 0.490 e. The first-order chi connectivity index (χ1) is 24.6. The number of pyridine rings is 1. The van der Waals surface area contributed by atoms with Gasteiger partial charge in [0.2, 0.25) is 0 Å². The van der Waals surface area contributed by atoms with Crippen LogP contribution >= 0.6 is 0 Å². The topological polar surface area (TPSA) is 22.3 Å². The van der Waals surface area contributed by atoms with Crippen molar-refractivity contribution in [3.8, 4) is 33.8 Å². The zero-order valence-electron chi connectivity index (χ0n) is 28.6.